The summed E-state index contributed by atoms with van der Waals surface area (Å²) in [7, 11) is 1.57. The minimum Gasteiger partial charge on any atom is -0.496 e. The van der Waals surface area contributed by atoms with Gasteiger partial charge in [0.2, 0.25) is 0 Å². The third-order valence-electron chi connectivity index (χ3n) is 2.91. The molecule has 0 radical (unpaired) electrons. The Morgan fingerprint density at radius 1 is 1.35 bits per heavy atom. The Morgan fingerprint density at radius 2 is 2.00 bits per heavy atom. The molecule has 1 rings (SSSR count). The lowest BCUT2D eigenvalue weighted by atomic mass is 9.99. The summed E-state index contributed by atoms with van der Waals surface area (Å²) in [6.07, 6.45) is -0.234. The van der Waals surface area contributed by atoms with Gasteiger partial charge in [-0.2, -0.15) is 0 Å². The van der Waals surface area contributed by atoms with Crippen LogP contribution in [0.2, 0.25) is 0 Å². The van der Waals surface area contributed by atoms with Crippen LogP contribution in [0.15, 0.2) is 18.2 Å². The molecule has 20 heavy (non-hydrogen) atoms. The van der Waals surface area contributed by atoms with Crippen molar-refractivity contribution in [2.45, 2.75) is 39.3 Å². The van der Waals surface area contributed by atoms with Crippen molar-refractivity contribution in [2.75, 3.05) is 7.11 Å². The molecule has 1 unspecified atom stereocenters. The van der Waals surface area contributed by atoms with Crippen LogP contribution in [0.25, 0.3) is 0 Å². The molecule has 1 aromatic carbocycles. The van der Waals surface area contributed by atoms with Crippen molar-refractivity contribution in [3.05, 3.63) is 29.3 Å². The Morgan fingerprint density at radius 3 is 2.45 bits per heavy atom. The van der Waals surface area contributed by atoms with Gasteiger partial charge in [0.25, 0.3) is 0 Å². The molecule has 0 aliphatic rings. The Hall–Kier alpha value is -1.88. The number of hydrogen-bond acceptors (Lipinski definition) is 4. The van der Waals surface area contributed by atoms with E-state index in [0.717, 1.165) is 5.56 Å². The maximum atomic E-state index is 12.4. The van der Waals surface area contributed by atoms with Crippen LogP contribution in [-0.4, -0.2) is 36.1 Å². The van der Waals surface area contributed by atoms with Crippen LogP contribution in [0.1, 0.15) is 36.2 Å². The number of ketones is 1. The summed E-state index contributed by atoms with van der Waals surface area (Å²) in [5.41, 5.74) is 1.33. The number of benzene rings is 1. The van der Waals surface area contributed by atoms with Crippen LogP contribution in [-0.2, 0) is 4.79 Å². The summed E-state index contributed by atoms with van der Waals surface area (Å²) >= 11 is 0. The van der Waals surface area contributed by atoms with Gasteiger partial charge in [-0.1, -0.05) is 13.8 Å². The van der Waals surface area contributed by atoms with Crippen molar-refractivity contribution in [2.24, 2.45) is 0 Å². The number of carboxylic acids is 1. The molecule has 0 bridgehead atoms. The van der Waals surface area contributed by atoms with E-state index in [1.54, 1.807) is 25.3 Å². The third-order valence-corrected chi connectivity index (χ3v) is 2.91. The Balaban J connectivity index is 2.98. The number of nitrogens with one attached hydrogen (secondary N) is 1. The van der Waals surface area contributed by atoms with Gasteiger partial charge in [-0.05, 0) is 30.7 Å². The summed E-state index contributed by atoms with van der Waals surface area (Å²) in [6.45, 7) is 5.60. The number of aryl methyl sites for hydroxylation is 1. The molecule has 1 aromatic rings. The van der Waals surface area contributed by atoms with E-state index in [1.165, 1.54) is 0 Å². The molecule has 0 fully saturated rings. The average Bonchev–Trinajstić information content (AvgIpc) is 2.35. The number of Topliss-reactive ketones (excluding diaryl/α,β-unsaturated/α-hetero) is 1. The SMILES string of the molecule is COc1ccc(C(=O)C(CC(=O)O)NC(C)C)cc1C. The first kappa shape index (κ1) is 16.2. The summed E-state index contributed by atoms with van der Waals surface area (Å²) in [5.74, 6) is -0.512. The normalized spacial score (nSPS) is 12.2. The minimum atomic E-state index is -0.998. The topological polar surface area (TPSA) is 75.6 Å². The number of methoxy groups -OCH3 is 1. The largest absolute Gasteiger partial charge is 0.496 e. The van der Waals surface area contributed by atoms with Gasteiger partial charge in [0.05, 0.1) is 19.6 Å². The van der Waals surface area contributed by atoms with Crippen molar-refractivity contribution in [1.29, 1.82) is 0 Å². The number of ether oxygens (including phenoxy) is 1. The number of carbonyl (C=O) groups is 2. The number of aliphatic carboxylic acids is 1. The molecule has 0 aliphatic carbocycles. The molecule has 1 atom stereocenters. The predicted octanol–water partition coefficient (Wildman–Crippen LogP) is 2.03. The molecule has 0 aliphatic heterocycles. The second-order valence-electron chi connectivity index (χ2n) is 5.02. The summed E-state index contributed by atoms with van der Waals surface area (Å²) in [4.78, 5) is 23.3. The number of carboxylic acid groups (broad SMARTS) is 1. The lowest BCUT2D eigenvalue weighted by Gasteiger charge is -2.19. The van der Waals surface area contributed by atoms with E-state index < -0.39 is 12.0 Å². The summed E-state index contributed by atoms with van der Waals surface area (Å²) in [5, 5.41) is 11.9. The van der Waals surface area contributed by atoms with Gasteiger partial charge in [-0.15, -0.1) is 0 Å². The maximum absolute atomic E-state index is 12.4. The fraction of sp³-hybridized carbons (Fsp3) is 0.467. The molecule has 5 heteroatoms. The quantitative estimate of drug-likeness (QED) is 0.747. The van der Waals surface area contributed by atoms with Gasteiger partial charge < -0.3 is 15.2 Å². The van der Waals surface area contributed by atoms with Crippen molar-refractivity contribution in [1.82, 2.24) is 5.32 Å². The Labute approximate surface area is 118 Å². The van der Waals surface area contributed by atoms with Gasteiger partial charge in [0.15, 0.2) is 5.78 Å². The van der Waals surface area contributed by atoms with Crippen LogP contribution >= 0.6 is 0 Å². The van der Waals surface area contributed by atoms with Crippen LogP contribution in [0.3, 0.4) is 0 Å². The number of rotatable bonds is 7. The monoisotopic (exact) mass is 279 g/mol. The number of carbonyl (C=O) groups excluding carboxylic acids is 1. The highest BCUT2D eigenvalue weighted by Crippen LogP contribution is 2.20. The van der Waals surface area contributed by atoms with E-state index in [0.29, 0.717) is 11.3 Å². The molecule has 0 saturated heterocycles. The smallest absolute Gasteiger partial charge is 0.305 e. The highest BCUT2D eigenvalue weighted by Gasteiger charge is 2.23. The van der Waals surface area contributed by atoms with Crippen LogP contribution in [0, 0.1) is 6.92 Å². The van der Waals surface area contributed by atoms with E-state index in [4.69, 9.17) is 9.84 Å². The minimum absolute atomic E-state index is 0.0302. The Bertz CT molecular complexity index is 497. The van der Waals surface area contributed by atoms with Gasteiger partial charge >= 0.3 is 5.97 Å². The van der Waals surface area contributed by atoms with Crippen molar-refractivity contribution >= 4 is 11.8 Å². The van der Waals surface area contributed by atoms with Crippen LogP contribution in [0.5, 0.6) is 5.75 Å². The van der Waals surface area contributed by atoms with Crippen LogP contribution < -0.4 is 10.1 Å². The summed E-state index contributed by atoms with van der Waals surface area (Å²) < 4.78 is 5.15. The zero-order chi connectivity index (χ0) is 15.3. The third kappa shape index (κ3) is 4.35. The maximum Gasteiger partial charge on any atom is 0.305 e. The predicted molar refractivity (Wildman–Crippen MR) is 76.4 cm³/mol. The highest BCUT2D eigenvalue weighted by atomic mass is 16.5. The molecule has 0 spiro atoms. The standard InChI is InChI=1S/C15H21NO4/c1-9(2)16-12(8-14(17)18)15(19)11-5-6-13(20-4)10(3)7-11/h5-7,9,12,16H,8H2,1-4H3,(H,17,18). The molecular formula is C15H21NO4. The van der Waals surface area contributed by atoms with E-state index in [9.17, 15) is 9.59 Å². The lowest BCUT2D eigenvalue weighted by Crippen LogP contribution is -2.42. The van der Waals surface area contributed by atoms with E-state index in [-0.39, 0.29) is 18.2 Å². The van der Waals surface area contributed by atoms with Gasteiger partial charge in [-0.3, -0.25) is 9.59 Å². The highest BCUT2D eigenvalue weighted by molar-refractivity contribution is 6.02. The van der Waals surface area contributed by atoms with Crippen molar-refractivity contribution in [3.63, 3.8) is 0 Å². The molecular weight excluding hydrogens is 258 g/mol. The fourth-order valence-corrected chi connectivity index (χ4v) is 2.04. The first-order valence-electron chi connectivity index (χ1n) is 6.51. The zero-order valence-corrected chi connectivity index (χ0v) is 12.3. The number of hydrogen-bond donors (Lipinski definition) is 2. The molecule has 0 amide bonds. The lowest BCUT2D eigenvalue weighted by molar-refractivity contribution is -0.137. The van der Waals surface area contributed by atoms with E-state index in [1.807, 2.05) is 20.8 Å². The zero-order valence-electron chi connectivity index (χ0n) is 12.3. The first-order valence-corrected chi connectivity index (χ1v) is 6.51. The molecule has 2 N–H and O–H groups in total. The van der Waals surface area contributed by atoms with Crippen LogP contribution in [0.4, 0.5) is 0 Å². The van der Waals surface area contributed by atoms with Crippen molar-refractivity contribution in [3.8, 4) is 5.75 Å². The van der Waals surface area contributed by atoms with Gasteiger partial charge in [0.1, 0.15) is 5.75 Å². The molecule has 110 valence electrons. The molecule has 0 saturated carbocycles. The van der Waals surface area contributed by atoms with E-state index >= 15 is 0 Å². The first-order chi connectivity index (χ1) is 9.35. The second kappa shape index (κ2) is 7.05. The molecule has 5 nitrogen and oxygen atoms in total. The van der Waals surface area contributed by atoms with Gasteiger partial charge in [-0.25, -0.2) is 0 Å². The summed E-state index contributed by atoms with van der Waals surface area (Å²) in [6, 6.07) is 4.40. The van der Waals surface area contributed by atoms with E-state index in [2.05, 4.69) is 5.32 Å². The van der Waals surface area contributed by atoms with Gasteiger partial charge in [0, 0.05) is 11.6 Å². The fourth-order valence-electron chi connectivity index (χ4n) is 2.04. The average molecular weight is 279 g/mol. The van der Waals surface area contributed by atoms with Crippen molar-refractivity contribution < 1.29 is 19.4 Å². The Kier molecular flexibility index (Phi) is 5.70. The molecule has 0 heterocycles. The second-order valence-corrected chi connectivity index (χ2v) is 5.02. The molecule has 0 aromatic heterocycles.